The summed E-state index contributed by atoms with van der Waals surface area (Å²) in [4.78, 5) is 0. The molecule has 1 unspecified atom stereocenters. The molecule has 0 aliphatic carbocycles. The second kappa shape index (κ2) is 3.58. The molecule has 0 amide bonds. The van der Waals surface area contributed by atoms with Gasteiger partial charge in [-0.15, -0.1) is 0 Å². The van der Waals surface area contributed by atoms with Crippen molar-refractivity contribution in [1.29, 1.82) is 0 Å². The molecule has 1 atom stereocenters. The normalized spacial score (nSPS) is 18.2. The number of nitrogens with two attached hydrogens (primary N) is 1. The molecule has 1 aromatic heterocycles. The Morgan fingerprint density at radius 3 is 2.94 bits per heavy atom. The van der Waals surface area contributed by atoms with Crippen LogP contribution in [0.4, 0.5) is 11.4 Å². The van der Waals surface area contributed by atoms with E-state index in [0.717, 1.165) is 11.1 Å². The molecule has 2 heterocycles. The Hall–Kier alpha value is -2.38. The SMILES string of the molecule is NC1=N[NH+]([O-])c2ccc(-c3cn[nH]c3)cc2N1. The largest absolute Gasteiger partial charge is 0.601 e. The molecule has 0 spiro atoms. The zero-order valence-corrected chi connectivity index (χ0v) is 8.77. The van der Waals surface area contributed by atoms with Gasteiger partial charge < -0.3 is 16.3 Å². The molecule has 1 aliphatic rings. The summed E-state index contributed by atoms with van der Waals surface area (Å²) < 4.78 is 0. The second-order valence-electron chi connectivity index (χ2n) is 3.67. The first kappa shape index (κ1) is 9.82. The molecule has 0 fully saturated rings. The Labute approximate surface area is 96.5 Å². The van der Waals surface area contributed by atoms with Crippen molar-refractivity contribution < 1.29 is 5.17 Å². The van der Waals surface area contributed by atoms with Crippen LogP contribution in [0.5, 0.6) is 0 Å². The van der Waals surface area contributed by atoms with Crippen LogP contribution in [0, 0.1) is 5.21 Å². The maximum atomic E-state index is 11.6. The highest BCUT2D eigenvalue weighted by Gasteiger charge is 2.17. The number of hydrogen-bond acceptors (Lipinski definition) is 5. The molecule has 0 radical (unpaired) electrons. The zero-order valence-electron chi connectivity index (χ0n) is 8.77. The van der Waals surface area contributed by atoms with Gasteiger partial charge in [0.15, 0.2) is 5.69 Å². The summed E-state index contributed by atoms with van der Waals surface area (Å²) in [7, 11) is 0. The summed E-state index contributed by atoms with van der Waals surface area (Å²) in [6.45, 7) is 0. The number of nitrogens with one attached hydrogen (secondary N) is 3. The van der Waals surface area contributed by atoms with Gasteiger partial charge in [-0.25, -0.2) is 5.17 Å². The highest BCUT2D eigenvalue weighted by atomic mass is 16.5. The molecule has 7 heteroatoms. The van der Waals surface area contributed by atoms with Crippen molar-refractivity contribution in [2.24, 2.45) is 10.8 Å². The summed E-state index contributed by atoms with van der Waals surface area (Å²) in [6.07, 6.45) is 3.49. The van der Waals surface area contributed by atoms with Gasteiger partial charge in [0.1, 0.15) is 5.69 Å². The van der Waals surface area contributed by atoms with E-state index >= 15 is 0 Å². The number of fused-ring (bicyclic) bond motifs is 1. The summed E-state index contributed by atoms with van der Waals surface area (Å²) in [5.74, 6) is 0.117. The van der Waals surface area contributed by atoms with Crippen LogP contribution in [0.2, 0.25) is 0 Å². The summed E-state index contributed by atoms with van der Waals surface area (Å²) in [6, 6.07) is 5.42. The smallest absolute Gasteiger partial charge is 0.252 e. The van der Waals surface area contributed by atoms with Crippen LogP contribution in [-0.4, -0.2) is 16.2 Å². The summed E-state index contributed by atoms with van der Waals surface area (Å²) in [5.41, 5.74) is 8.59. The molecule has 3 rings (SSSR count). The predicted octanol–water partition coefficient (Wildman–Crippen LogP) is -0.254. The van der Waals surface area contributed by atoms with E-state index in [1.807, 2.05) is 12.1 Å². The van der Waals surface area contributed by atoms with E-state index in [-0.39, 0.29) is 11.1 Å². The Kier molecular flexibility index (Phi) is 2.07. The monoisotopic (exact) mass is 230 g/mol. The van der Waals surface area contributed by atoms with Gasteiger partial charge in [0.2, 0.25) is 0 Å². The molecule has 0 bridgehead atoms. The van der Waals surface area contributed by atoms with E-state index < -0.39 is 0 Å². The Balaban J connectivity index is 2.07. The van der Waals surface area contributed by atoms with Crippen LogP contribution in [-0.2, 0) is 0 Å². The van der Waals surface area contributed by atoms with Crippen molar-refractivity contribution in [3.05, 3.63) is 35.8 Å². The number of benzene rings is 1. The van der Waals surface area contributed by atoms with E-state index in [2.05, 4.69) is 20.6 Å². The molecule has 0 saturated heterocycles. The molecule has 1 aromatic carbocycles. The molecule has 1 aliphatic heterocycles. The highest BCUT2D eigenvalue weighted by Crippen LogP contribution is 2.27. The standard InChI is InChI=1S/C10H10N6O/c11-10-14-8-3-6(7-4-12-13-5-7)1-2-9(8)16(17)15-10/h1-5,16H,(H,12,13)(H3,11,14,15). The maximum Gasteiger partial charge on any atom is 0.252 e. The van der Waals surface area contributed by atoms with E-state index in [1.54, 1.807) is 18.5 Å². The fourth-order valence-corrected chi connectivity index (χ4v) is 1.76. The first-order valence-electron chi connectivity index (χ1n) is 5.03. The van der Waals surface area contributed by atoms with Gasteiger partial charge in [-0.05, 0) is 22.8 Å². The lowest BCUT2D eigenvalue weighted by Gasteiger charge is -2.23. The van der Waals surface area contributed by atoms with Crippen molar-refractivity contribution in [2.75, 3.05) is 5.32 Å². The lowest BCUT2D eigenvalue weighted by Crippen LogP contribution is -2.98. The van der Waals surface area contributed by atoms with Crippen molar-refractivity contribution in [2.45, 2.75) is 0 Å². The van der Waals surface area contributed by atoms with Crippen molar-refractivity contribution in [3.8, 4) is 11.1 Å². The number of rotatable bonds is 1. The average molecular weight is 230 g/mol. The van der Waals surface area contributed by atoms with Crippen LogP contribution in [0.1, 0.15) is 0 Å². The zero-order chi connectivity index (χ0) is 11.8. The molecular formula is C10H10N6O. The van der Waals surface area contributed by atoms with Gasteiger partial charge in [0, 0.05) is 17.8 Å². The van der Waals surface area contributed by atoms with Crippen molar-refractivity contribution in [1.82, 2.24) is 10.2 Å². The molecule has 0 saturated carbocycles. The number of guanidine groups is 1. The molecule has 7 nitrogen and oxygen atoms in total. The van der Waals surface area contributed by atoms with Crippen LogP contribution < -0.4 is 16.2 Å². The van der Waals surface area contributed by atoms with Gasteiger partial charge in [-0.2, -0.15) is 5.10 Å². The minimum absolute atomic E-state index is 0.117. The number of H-pyrrole nitrogens is 1. The van der Waals surface area contributed by atoms with Crippen molar-refractivity contribution in [3.63, 3.8) is 0 Å². The number of quaternary nitrogens is 1. The Bertz CT molecular complexity index is 576. The fourth-order valence-electron chi connectivity index (χ4n) is 1.76. The average Bonchev–Trinajstić information content (AvgIpc) is 2.81. The van der Waals surface area contributed by atoms with E-state index in [9.17, 15) is 5.21 Å². The van der Waals surface area contributed by atoms with Gasteiger partial charge in [0.25, 0.3) is 5.96 Å². The first-order chi connectivity index (χ1) is 8.24. The Morgan fingerprint density at radius 1 is 1.29 bits per heavy atom. The number of aromatic nitrogens is 2. The van der Waals surface area contributed by atoms with Gasteiger partial charge in [-0.3, -0.25) is 5.10 Å². The summed E-state index contributed by atoms with van der Waals surface area (Å²) >= 11 is 0. The lowest BCUT2D eigenvalue weighted by molar-refractivity contribution is -0.783. The van der Waals surface area contributed by atoms with Gasteiger partial charge in [-0.1, -0.05) is 0 Å². The molecular weight excluding hydrogens is 220 g/mol. The summed E-state index contributed by atoms with van der Waals surface area (Å²) in [5, 5.41) is 24.4. The molecule has 86 valence electrons. The quantitative estimate of drug-likeness (QED) is 0.506. The van der Waals surface area contributed by atoms with E-state index in [0.29, 0.717) is 11.4 Å². The molecule has 5 N–H and O–H groups in total. The lowest BCUT2D eigenvalue weighted by atomic mass is 10.1. The third-order valence-electron chi connectivity index (χ3n) is 2.57. The van der Waals surface area contributed by atoms with Crippen molar-refractivity contribution >= 4 is 17.3 Å². The van der Waals surface area contributed by atoms with E-state index in [1.165, 1.54) is 0 Å². The minimum atomic E-state index is -0.324. The Morgan fingerprint density at radius 2 is 2.18 bits per heavy atom. The van der Waals surface area contributed by atoms with Gasteiger partial charge >= 0.3 is 0 Å². The van der Waals surface area contributed by atoms with Crippen LogP contribution in [0.15, 0.2) is 35.7 Å². The topological polar surface area (TPSA) is 107 Å². The number of nitrogens with zero attached hydrogens (tertiary/aromatic N) is 2. The second-order valence-corrected chi connectivity index (χ2v) is 3.67. The minimum Gasteiger partial charge on any atom is -0.601 e. The number of aromatic amines is 1. The third kappa shape index (κ3) is 1.63. The maximum absolute atomic E-state index is 11.6. The first-order valence-corrected chi connectivity index (χ1v) is 5.03. The van der Waals surface area contributed by atoms with Crippen LogP contribution in [0.25, 0.3) is 11.1 Å². The van der Waals surface area contributed by atoms with Gasteiger partial charge in [0.05, 0.1) is 6.20 Å². The van der Waals surface area contributed by atoms with Crippen LogP contribution >= 0.6 is 0 Å². The molecule has 17 heavy (non-hydrogen) atoms. The number of anilines is 1. The fraction of sp³-hybridized carbons (Fsp3) is 0. The third-order valence-corrected chi connectivity index (χ3v) is 2.57. The number of hydrogen-bond donors (Lipinski definition) is 4. The van der Waals surface area contributed by atoms with E-state index in [4.69, 9.17) is 5.73 Å². The van der Waals surface area contributed by atoms with Crippen LogP contribution in [0.3, 0.4) is 0 Å². The molecule has 2 aromatic rings. The highest BCUT2D eigenvalue weighted by molar-refractivity contribution is 5.96. The predicted molar refractivity (Wildman–Crippen MR) is 63.3 cm³/mol.